The molecule has 0 radical (unpaired) electrons. The monoisotopic (exact) mass is 340 g/mol. The fourth-order valence-electron chi connectivity index (χ4n) is 3.78. The Hall–Kier alpha value is -2.14. The molecule has 25 heavy (non-hydrogen) atoms. The SMILES string of the molecule is CCN(C(=O)Cc1cc(C)[nH]n1)C1CCN(C(C)c2ccccc2)C1. The number of likely N-dealkylation sites (N-methyl/N-ethyl adjacent to an activating group) is 1. The van der Waals surface area contributed by atoms with Gasteiger partial charge in [-0.3, -0.25) is 14.8 Å². The van der Waals surface area contributed by atoms with Gasteiger partial charge in [-0.1, -0.05) is 30.3 Å². The van der Waals surface area contributed by atoms with Crippen LogP contribution in [0.4, 0.5) is 0 Å². The van der Waals surface area contributed by atoms with E-state index in [1.54, 1.807) is 0 Å². The topological polar surface area (TPSA) is 52.2 Å². The number of H-pyrrole nitrogens is 1. The van der Waals surface area contributed by atoms with E-state index in [9.17, 15) is 4.79 Å². The maximum Gasteiger partial charge on any atom is 0.228 e. The molecule has 1 fully saturated rings. The fourth-order valence-corrected chi connectivity index (χ4v) is 3.78. The lowest BCUT2D eigenvalue weighted by atomic mass is 10.1. The van der Waals surface area contributed by atoms with E-state index in [1.807, 2.05) is 17.9 Å². The van der Waals surface area contributed by atoms with Crippen LogP contribution >= 0.6 is 0 Å². The number of nitrogens with one attached hydrogen (secondary N) is 1. The third kappa shape index (κ3) is 4.10. The van der Waals surface area contributed by atoms with Crippen molar-refractivity contribution in [3.05, 3.63) is 53.3 Å². The molecule has 2 heterocycles. The summed E-state index contributed by atoms with van der Waals surface area (Å²) in [6.45, 7) is 9.00. The highest BCUT2D eigenvalue weighted by molar-refractivity contribution is 5.78. The van der Waals surface area contributed by atoms with Crippen molar-refractivity contribution in [2.24, 2.45) is 0 Å². The van der Waals surface area contributed by atoms with Gasteiger partial charge in [0.25, 0.3) is 0 Å². The van der Waals surface area contributed by atoms with Crippen LogP contribution in [-0.4, -0.2) is 51.6 Å². The van der Waals surface area contributed by atoms with Gasteiger partial charge in [-0.2, -0.15) is 5.10 Å². The van der Waals surface area contributed by atoms with Gasteiger partial charge in [0.05, 0.1) is 12.1 Å². The highest BCUT2D eigenvalue weighted by Crippen LogP contribution is 2.26. The summed E-state index contributed by atoms with van der Waals surface area (Å²) in [4.78, 5) is 17.3. The predicted octanol–water partition coefficient (Wildman–Crippen LogP) is 2.94. The summed E-state index contributed by atoms with van der Waals surface area (Å²) in [5.41, 5.74) is 3.16. The molecule has 1 aromatic heterocycles. The highest BCUT2D eigenvalue weighted by Gasteiger charge is 2.32. The fraction of sp³-hybridized carbons (Fsp3) is 0.500. The average molecular weight is 340 g/mol. The Bertz CT molecular complexity index is 697. The molecule has 5 heteroatoms. The Kier molecular flexibility index (Phi) is 5.53. The molecule has 1 aliphatic rings. The maximum atomic E-state index is 12.7. The van der Waals surface area contributed by atoms with Crippen LogP contribution in [0.15, 0.2) is 36.4 Å². The number of aromatic nitrogens is 2. The first-order chi connectivity index (χ1) is 12.1. The molecule has 2 aromatic rings. The second-order valence-electron chi connectivity index (χ2n) is 6.92. The summed E-state index contributed by atoms with van der Waals surface area (Å²) < 4.78 is 0. The molecule has 0 saturated carbocycles. The second kappa shape index (κ2) is 7.83. The summed E-state index contributed by atoms with van der Waals surface area (Å²) in [6, 6.07) is 13.2. The Morgan fingerprint density at radius 3 is 2.80 bits per heavy atom. The van der Waals surface area contributed by atoms with Crippen molar-refractivity contribution in [2.45, 2.75) is 45.7 Å². The molecule has 0 spiro atoms. The molecule has 1 N–H and O–H groups in total. The Morgan fingerprint density at radius 2 is 2.16 bits per heavy atom. The van der Waals surface area contributed by atoms with Crippen LogP contribution in [0.25, 0.3) is 0 Å². The molecule has 1 amide bonds. The lowest BCUT2D eigenvalue weighted by Crippen LogP contribution is -2.42. The second-order valence-corrected chi connectivity index (χ2v) is 6.92. The van der Waals surface area contributed by atoms with Gasteiger partial charge in [0, 0.05) is 37.4 Å². The normalized spacial score (nSPS) is 19.1. The quantitative estimate of drug-likeness (QED) is 0.880. The number of hydrogen-bond acceptors (Lipinski definition) is 3. The van der Waals surface area contributed by atoms with Gasteiger partial charge in [-0.15, -0.1) is 0 Å². The number of carbonyl (C=O) groups excluding carboxylic acids is 1. The lowest BCUT2D eigenvalue weighted by Gasteiger charge is -2.29. The van der Waals surface area contributed by atoms with Crippen LogP contribution < -0.4 is 0 Å². The van der Waals surface area contributed by atoms with E-state index >= 15 is 0 Å². The first-order valence-corrected chi connectivity index (χ1v) is 9.17. The number of hydrogen-bond donors (Lipinski definition) is 1. The van der Waals surface area contributed by atoms with Crippen molar-refractivity contribution in [3.63, 3.8) is 0 Å². The van der Waals surface area contributed by atoms with Gasteiger partial charge in [0.2, 0.25) is 5.91 Å². The van der Waals surface area contributed by atoms with Crippen molar-refractivity contribution in [3.8, 4) is 0 Å². The van der Waals surface area contributed by atoms with Crippen LogP contribution in [0, 0.1) is 6.92 Å². The molecule has 0 bridgehead atoms. The number of likely N-dealkylation sites (tertiary alicyclic amines) is 1. The largest absolute Gasteiger partial charge is 0.338 e. The van der Waals surface area contributed by atoms with Crippen molar-refractivity contribution < 1.29 is 4.79 Å². The third-order valence-corrected chi connectivity index (χ3v) is 5.22. The zero-order valence-corrected chi connectivity index (χ0v) is 15.4. The van der Waals surface area contributed by atoms with E-state index < -0.39 is 0 Å². The number of aromatic amines is 1. The Morgan fingerprint density at radius 1 is 1.40 bits per heavy atom. The first kappa shape index (κ1) is 17.7. The predicted molar refractivity (Wildman–Crippen MR) is 99.3 cm³/mol. The van der Waals surface area contributed by atoms with Crippen molar-refractivity contribution in [1.82, 2.24) is 20.0 Å². The zero-order valence-electron chi connectivity index (χ0n) is 15.4. The number of benzene rings is 1. The minimum absolute atomic E-state index is 0.174. The summed E-state index contributed by atoms with van der Waals surface area (Å²) in [6.07, 6.45) is 1.42. The molecule has 1 saturated heterocycles. The van der Waals surface area contributed by atoms with Crippen LogP contribution in [0.2, 0.25) is 0 Å². The third-order valence-electron chi connectivity index (χ3n) is 5.22. The summed E-state index contributed by atoms with van der Waals surface area (Å²) in [7, 11) is 0. The van der Waals surface area contributed by atoms with E-state index in [0.717, 1.165) is 37.4 Å². The van der Waals surface area contributed by atoms with E-state index in [0.29, 0.717) is 18.5 Å². The maximum absolute atomic E-state index is 12.7. The minimum Gasteiger partial charge on any atom is -0.338 e. The van der Waals surface area contributed by atoms with Crippen LogP contribution in [-0.2, 0) is 11.2 Å². The van der Waals surface area contributed by atoms with Crippen molar-refractivity contribution >= 4 is 5.91 Å². The average Bonchev–Trinajstić information content (AvgIpc) is 3.25. The molecule has 5 nitrogen and oxygen atoms in total. The Balaban J connectivity index is 1.61. The van der Waals surface area contributed by atoms with Crippen LogP contribution in [0.5, 0.6) is 0 Å². The molecule has 2 unspecified atom stereocenters. The molecule has 1 aromatic carbocycles. The van der Waals surface area contributed by atoms with Gasteiger partial charge in [-0.05, 0) is 38.8 Å². The van der Waals surface area contributed by atoms with E-state index in [-0.39, 0.29) is 5.91 Å². The van der Waals surface area contributed by atoms with Crippen LogP contribution in [0.1, 0.15) is 43.3 Å². The number of rotatable bonds is 6. The molecular formula is C20H28N4O. The number of amides is 1. The first-order valence-electron chi connectivity index (χ1n) is 9.17. The van der Waals surface area contributed by atoms with Gasteiger partial charge in [0.1, 0.15) is 0 Å². The molecule has 134 valence electrons. The summed E-state index contributed by atoms with van der Waals surface area (Å²) in [5, 5.41) is 7.11. The van der Waals surface area contributed by atoms with Crippen LogP contribution in [0.3, 0.4) is 0 Å². The molecule has 3 rings (SSSR count). The lowest BCUT2D eigenvalue weighted by molar-refractivity contribution is -0.132. The zero-order chi connectivity index (χ0) is 17.8. The van der Waals surface area contributed by atoms with E-state index in [2.05, 4.69) is 59.3 Å². The van der Waals surface area contributed by atoms with Gasteiger partial charge >= 0.3 is 0 Å². The van der Waals surface area contributed by atoms with E-state index in [1.165, 1.54) is 5.56 Å². The smallest absolute Gasteiger partial charge is 0.228 e. The summed E-state index contributed by atoms with van der Waals surface area (Å²) in [5.74, 6) is 0.174. The van der Waals surface area contributed by atoms with Gasteiger partial charge in [-0.25, -0.2) is 0 Å². The van der Waals surface area contributed by atoms with Crippen molar-refractivity contribution in [2.75, 3.05) is 19.6 Å². The molecule has 1 aliphatic heterocycles. The number of nitrogens with zero attached hydrogens (tertiary/aromatic N) is 3. The Labute approximate surface area is 150 Å². The standard InChI is InChI=1S/C20H28N4O/c1-4-24(20(25)13-18-12-15(2)21-22-18)19-10-11-23(14-19)16(3)17-8-6-5-7-9-17/h5-9,12,16,19H,4,10-11,13-14H2,1-3H3,(H,21,22). The molecule has 0 aliphatic carbocycles. The van der Waals surface area contributed by atoms with Gasteiger partial charge in [0.15, 0.2) is 0 Å². The van der Waals surface area contributed by atoms with E-state index in [4.69, 9.17) is 0 Å². The minimum atomic E-state index is 0.174. The highest BCUT2D eigenvalue weighted by atomic mass is 16.2. The number of aryl methyl sites for hydroxylation is 1. The summed E-state index contributed by atoms with van der Waals surface area (Å²) >= 11 is 0. The number of carbonyl (C=O) groups is 1. The van der Waals surface area contributed by atoms with Gasteiger partial charge < -0.3 is 4.90 Å². The molecule has 2 atom stereocenters. The van der Waals surface area contributed by atoms with Crippen molar-refractivity contribution in [1.29, 1.82) is 0 Å². The molecular weight excluding hydrogens is 312 g/mol.